The van der Waals surface area contributed by atoms with Gasteiger partial charge in [-0.2, -0.15) is 0 Å². The highest BCUT2D eigenvalue weighted by Gasteiger charge is 2.30. The third-order valence-corrected chi connectivity index (χ3v) is 20.2. The van der Waals surface area contributed by atoms with Crippen LogP contribution in [-0.2, 0) is 65.4 Å². The largest absolute Gasteiger partial charge is 0.472 e. The first-order valence-corrected chi connectivity index (χ1v) is 43.6. The number of aliphatic hydroxyl groups is 1. The van der Waals surface area contributed by atoms with E-state index in [4.69, 9.17) is 37.0 Å². The van der Waals surface area contributed by atoms with E-state index in [-0.39, 0.29) is 25.7 Å². The second-order valence-corrected chi connectivity index (χ2v) is 31.5. The van der Waals surface area contributed by atoms with Crippen LogP contribution in [0, 0.1) is 5.92 Å². The number of carbonyl (C=O) groups excluding carboxylic acids is 4. The van der Waals surface area contributed by atoms with E-state index in [9.17, 15) is 43.2 Å². The highest BCUT2D eigenvalue weighted by molar-refractivity contribution is 7.47. The summed E-state index contributed by atoms with van der Waals surface area (Å²) < 4.78 is 68.6. The normalized spacial score (nSPS) is 13.9. The van der Waals surface area contributed by atoms with Crippen molar-refractivity contribution in [2.24, 2.45) is 5.92 Å². The van der Waals surface area contributed by atoms with E-state index in [1.165, 1.54) is 231 Å². The Bertz CT molecular complexity index is 1860. The summed E-state index contributed by atoms with van der Waals surface area (Å²) in [6.07, 6.45) is 61.0. The Morgan fingerprint density at radius 2 is 0.474 bits per heavy atom. The molecule has 0 aliphatic heterocycles. The number of rotatable bonds is 78. The summed E-state index contributed by atoms with van der Waals surface area (Å²) >= 11 is 0. The Morgan fingerprint density at radius 1 is 0.278 bits per heavy atom. The molecule has 0 spiro atoms. The topological polar surface area (TPSA) is 237 Å². The van der Waals surface area contributed by atoms with Gasteiger partial charge >= 0.3 is 39.5 Å². The first-order valence-electron chi connectivity index (χ1n) is 40.6. The minimum atomic E-state index is -4.96. The summed E-state index contributed by atoms with van der Waals surface area (Å²) in [5.41, 5.74) is 0. The van der Waals surface area contributed by atoms with Crippen molar-refractivity contribution in [1.82, 2.24) is 0 Å². The summed E-state index contributed by atoms with van der Waals surface area (Å²) in [5.74, 6) is -1.33. The maximum atomic E-state index is 13.1. The molecule has 0 aromatic carbocycles. The molecule has 0 amide bonds. The lowest BCUT2D eigenvalue weighted by Crippen LogP contribution is -2.30. The van der Waals surface area contributed by atoms with Crippen LogP contribution in [0.2, 0.25) is 0 Å². The van der Waals surface area contributed by atoms with Gasteiger partial charge in [-0.05, 0) is 31.6 Å². The quantitative estimate of drug-likeness (QED) is 0.0222. The summed E-state index contributed by atoms with van der Waals surface area (Å²) in [4.78, 5) is 72.8. The minimum absolute atomic E-state index is 0.107. The number of phosphoric acid groups is 2. The smallest absolute Gasteiger partial charge is 0.462 e. The Hall–Kier alpha value is -1.94. The fourth-order valence-electron chi connectivity index (χ4n) is 12.1. The van der Waals surface area contributed by atoms with Crippen LogP contribution in [0.25, 0.3) is 0 Å². The van der Waals surface area contributed by atoms with Gasteiger partial charge in [0.1, 0.15) is 19.3 Å². The van der Waals surface area contributed by atoms with Crippen LogP contribution in [0.15, 0.2) is 0 Å². The second kappa shape index (κ2) is 71.1. The van der Waals surface area contributed by atoms with Crippen molar-refractivity contribution < 1.29 is 80.2 Å². The van der Waals surface area contributed by atoms with Gasteiger partial charge in [0.25, 0.3) is 0 Å². The molecule has 0 aromatic heterocycles. The Balaban J connectivity index is 5.21. The number of esters is 4. The molecule has 0 rings (SSSR count). The molecule has 0 fully saturated rings. The van der Waals surface area contributed by atoms with E-state index in [0.717, 1.165) is 102 Å². The number of hydrogen-bond donors (Lipinski definition) is 3. The molecule has 0 saturated heterocycles. The lowest BCUT2D eigenvalue weighted by Gasteiger charge is -2.21. The first kappa shape index (κ1) is 95.1. The van der Waals surface area contributed by atoms with Gasteiger partial charge in [0, 0.05) is 25.7 Å². The molecular weight excluding hydrogens is 1270 g/mol. The van der Waals surface area contributed by atoms with Crippen molar-refractivity contribution >= 4 is 39.5 Å². The average molecular weight is 1420 g/mol. The molecule has 5 atom stereocenters. The van der Waals surface area contributed by atoms with Crippen molar-refractivity contribution in [2.75, 3.05) is 39.6 Å². The van der Waals surface area contributed by atoms with Crippen LogP contribution in [0.4, 0.5) is 0 Å². The predicted molar refractivity (Wildman–Crippen MR) is 395 cm³/mol. The van der Waals surface area contributed by atoms with E-state index in [1.807, 2.05) is 0 Å². The zero-order valence-corrected chi connectivity index (χ0v) is 65.0. The van der Waals surface area contributed by atoms with Gasteiger partial charge in [-0.1, -0.05) is 362 Å². The molecule has 2 unspecified atom stereocenters. The van der Waals surface area contributed by atoms with Crippen LogP contribution >= 0.6 is 15.6 Å². The van der Waals surface area contributed by atoms with E-state index < -0.39 is 97.5 Å². The molecule has 0 aromatic rings. The van der Waals surface area contributed by atoms with Crippen molar-refractivity contribution in [1.29, 1.82) is 0 Å². The van der Waals surface area contributed by atoms with Crippen LogP contribution in [0.3, 0.4) is 0 Å². The molecule has 0 heterocycles. The highest BCUT2D eigenvalue weighted by atomic mass is 31.2. The average Bonchev–Trinajstić information content (AvgIpc) is 1.16. The molecule has 17 nitrogen and oxygen atoms in total. The number of carbonyl (C=O) groups is 4. The molecular formula is C78H152O17P2. The summed E-state index contributed by atoms with van der Waals surface area (Å²) in [7, 11) is -9.91. The molecule has 0 aliphatic rings. The Labute approximate surface area is 594 Å². The number of ether oxygens (including phenoxy) is 4. The fourth-order valence-corrected chi connectivity index (χ4v) is 13.6. The van der Waals surface area contributed by atoms with Gasteiger partial charge in [-0.25, -0.2) is 9.13 Å². The third kappa shape index (κ3) is 72.2. The predicted octanol–water partition coefficient (Wildman–Crippen LogP) is 23.3. The van der Waals surface area contributed by atoms with Crippen LogP contribution in [-0.4, -0.2) is 96.7 Å². The van der Waals surface area contributed by atoms with E-state index in [2.05, 4.69) is 34.6 Å². The standard InChI is InChI=1S/C78H152O17P2/c1-6-9-12-15-18-21-23-25-27-29-31-33-38-42-47-52-57-62-76(81)89-68-74(95-77(82)63-58-53-48-43-39-34-32-30-28-26-24-22-19-16-13-10-7-2)70-93-97(86,87)91-66-72(79)65-90-96(84,85)92-69-73(67-88-75(80)61-56-51-46-20-17-14-11-8-3)94-78(83)64-59-54-49-44-40-36-35-37-41-45-50-55-60-71(4)5/h71-74,79H,6-70H2,1-5H3,(H,84,85)(H,86,87)/t72-,73+,74+/m0/s1. The minimum Gasteiger partial charge on any atom is -0.462 e. The van der Waals surface area contributed by atoms with Gasteiger partial charge in [0.05, 0.1) is 26.4 Å². The van der Waals surface area contributed by atoms with Crippen LogP contribution in [0.5, 0.6) is 0 Å². The van der Waals surface area contributed by atoms with Gasteiger partial charge in [0.2, 0.25) is 0 Å². The Kier molecular flexibility index (Phi) is 69.6. The second-order valence-electron chi connectivity index (χ2n) is 28.6. The molecule has 97 heavy (non-hydrogen) atoms. The first-order chi connectivity index (χ1) is 47.0. The molecule has 3 N–H and O–H groups in total. The van der Waals surface area contributed by atoms with Crippen molar-refractivity contribution in [3.05, 3.63) is 0 Å². The number of hydrogen-bond acceptors (Lipinski definition) is 15. The van der Waals surface area contributed by atoms with Gasteiger partial charge < -0.3 is 33.8 Å². The maximum absolute atomic E-state index is 13.1. The lowest BCUT2D eigenvalue weighted by molar-refractivity contribution is -0.161. The number of unbranched alkanes of at least 4 members (excludes halogenated alkanes) is 50. The summed E-state index contributed by atoms with van der Waals surface area (Å²) in [6, 6.07) is 0. The molecule has 576 valence electrons. The van der Waals surface area contributed by atoms with Crippen molar-refractivity contribution in [2.45, 2.75) is 432 Å². The maximum Gasteiger partial charge on any atom is 0.472 e. The summed E-state index contributed by atoms with van der Waals surface area (Å²) in [6.45, 7) is 7.30. The van der Waals surface area contributed by atoms with Crippen LogP contribution in [0.1, 0.15) is 413 Å². The van der Waals surface area contributed by atoms with Crippen LogP contribution < -0.4 is 0 Å². The zero-order valence-electron chi connectivity index (χ0n) is 63.2. The Morgan fingerprint density at radius 3 is 0.701 bits per heavy atom. The molecule has 0 saturated carbocycles. The SMILES string of the molecule is CCCCCCCCCCCCCCCCCCCC(=O)OC[C@H](COP(=O)(O)OC[C@@H](O)COP(=O)(O)OC[C@@H](COC(=O)CCCCCCCCCC)OC(=O)CCCCCCCCCCCCCCC(C)C)OC(=O)CCCCCCCCCCCCCCCCCCC. The zero-order chi connectivity index (χ0) is 71.2. The van der Waals surface area contributed by atoms with Gasteiger partial charge in [-0.15, -0.1) is 0 Å². The van der Waals surface area contributed by atoms with Crippen molar-refractivity contribution in [3.8, 4) is 0 Å². The number of aliphatic hydroxyl groups excluding tert-OH is 1. The molecule has 19 heteroatoms. The van der Waals surface area contributed by atoms with E-state index in [0.29, 0.717) is 25.7 Å². The third-order valence-electron chi connectivity index (χ3n) is 18.3. The van der Waals surface area contributed by atoms with E-state index >= 15 is 0 Å². The molecule has 0 radical (unpaired) electrons. The fraction of sp³-hybridized carbons (Fsp3) is 0.949. The molecule has 0 aliphatic carbocycles. The highest BCUT2D eigenvalue weighted by Crippen LogP contribution is 2.45. The lowest BCUT2D eigenvalue weighted by atomic mass is 10.0. The summed E-state index contributed by atoms with van der Waals surface area (Å²) in [5, 5.41) is 10.6. The monoisotopic (exact) mass is 1420 g/mol. The molecule has 0 bridgehead atoms. The van der Waals surface area contributed by atoms with Gasteiger partial charge in [0.15, 0.2) is 12.2 Å². The van der Waals surface area contributed by atoms with E-state index in [1.54, 1.807) is 0 Å². The van der Waals surface area contributed by atoms with Crippen molar-refractivity contribution in [3.63, 3.8) is 0 Å². The van der Waals surface area contributed by atoms with Gasteiger partial charge in [-0.3, -0.25) is 37.3 Å². The number of phosphoric ester groups is 2.